The normalized spacial score (nSPS) is 10.2. The molecular weight excluding hydrogens is 172 g/mol. The van der Waals surface area contributed by atoms with Gasteiger partial charge in [0.1, 0.15) is 6.54 Å². The summed E-state index contributed by atoms with van der Waals surface area (Å²) in [6.07, 6.45) is 5.52. The fourth-order valence-electron chi connectivity index (χ4n) is 1.66. The van der Waals surface area contributed by atoms with E-state index in [2.05, 4.69) is 54.8 Å². The van der Waals surface area contributed by atoms with Gasteiger partial charge in [-0.1, -0.05) is 6.92 Å². The fraction of sp³-hybridized carbons (Fsp3) is 0.583. The Morgan fingerprint density at radius 2 is 1.64 bits per heavy atom. The smallest absolute Gasteiger partial charge is 0.170 e. The van der Waals surface area contributed by atoms with Gasteiger partial charge in [0.25, 0.3) is 0 Å². The summed E-state index contributed by atoms with van der Waals surface area (Å²) >= 11 is 0. The molecule has 2 heteroatoms. The van der Waals surface area contributed by atoms with Crippen molar-refractivity contribution in [3.05, 3.63) is 24.5 Å². The largest absolute Gasteiger partial charge is 0.372 e. The minimum absolute atomic E-state index is 1.08. The van der Waals surface area contributed by atoms with Gasteiger partial charge < -0.3 is 4.90 Å². The van der Waals surface area contributed by atoms with E-state index in [9.17, 15) is 0 Å². The Bertz CT molecular complexity index is 250. The maximum Gasteiger partial charge on any atom is 0.170 e. The molecule has 1 aromatic rings. The predicted molar refractivity (Wildman–Crippen MR) is 60.5 cm³/mol. The first-order valence-electron chi connectivity index (χ1n) is 5.55. The van der Waals surface area contributed by atoms with Crippen LogP contribution in [0.5, 0.6) is 0 Å². The van der Waals surface area contributed by atoms with Crippen LogP contribution in [0.4, 0.5) is 5.69 Å². The second-order valence-electron chi connectivity index (χ2n) is 3.47. The Hall–Kier alpha value is -1.05. The number of pyridine rings is 1. The van der Waals surface area contributed by atoms with Crippen LogP contribution in [-0.4, -0.2) is 13.1 Å². The number of aromatic nitrogens is 1. The van der Waals surface area contributed by atoms with Crippen LogP contribution in [-0.2, 0) is 6.54 Å². The standard InChI is InChI=1S/C12H21N2/c1-4-9-13-10-7-12(8-11-13)14(5-2)6-3/h7-8,10-11H,4-6,9H2,1-3H3/q+1. The van der Waals surface area contributed by atoms with Gasteiger partial charge in [-0.05, 0) is 13.8 Å². The average Bonchev–Trinajstić information content (AvgIpc) is 2.23. The van der Waals surface area contributed by atoms with E-state index >= 15 is 0 Å². The van der Waals surface area contributed by atoms with Crippen molar-refractivity contribution in [3.8, 4) is 0 Å². The van der Waals surface area contributed by atoms with Crippen LogP contribution >= 0.6 is 0 Å². The highest BCUT2D eigenvalue weighted by atomic mass is 15.1. The Labute approximate surface area is 87.2 Å². The lowest BCUT2D eigenvalue weighted by molar-refractivity contribution is -0.696. The molecule has 0 fully saturated rings. The maximum absolute atomic E-state index is 2.36. The van der Waals surface area contributed by atoms with Crippen LogP contribution in [0.1, 0.15) is 27.2 Å². The molecule has 0 aliphatic rings. The lowest BCUT2D eigenvalue weighted by Crippen LogP contribution is -2.33. The van der Waals surface area contributed by atoms with E-state index in [1.807, 2.05) is 0 Å². The highest BCUT2D eigenvalue weighted by Crippen LogP contribution is 2.09. The topological polar surface area (TPSA) is 7.12 Å². The molecule has 0 atom stereocenters. The summed E-state index contributed by atoms with van der Waals surface area (Å²) in [5, 5.41) is 0. The molecule has 0 aromatic carbocycles. The summed E-state index contributed by atoms with van der Waals surface area (Å²) in [5.41, 5.74) is 1.32. The van der Waals surface area contributed by atoms with Gasteiger partial charge >= 0.3 is 0 Å². The first kappa shape index (κ1) is 11.0. The number of hydrogen-bond donors (Lipinski definition) is 0. The van der Waals surface area contributed by atoms with Crippen molar-refractivity contribution < 1.29 is 4.57 Å². The van der Waals surface area contributed by atoms with Gasteiger partial charge in [0.05, 0.1) is 0 Å². The molecule has 1 aromatic heterocycles. The number of hydrogen-bond acceptors (Lipinski definition) is 1. The van der Waals surface area contributed by atoms with E-state index in [0.717, 1.165) is 19.6 Å². The maximum atomic E-state index is 2.36. The van der Waals surface area contributed by atoms with Gasteiger partial charge in [0, 0.05) is 37.3 Å². The SMILES string of the molecule is CCC[n+]1ccc(N(CC)CC)cc1. The van der Waals surface area contributed by atoms with Crippen molar-refractivity contribution in [2.45, 2.75) is 33.7 Å². The molecule has 0 amide bonds. The van der Waals surface area contributed by atoms with Crippen LogP contribution in [0.15, 0.2) is 24.5 Å². The minimum Gasteiger partial charge on any atom is -0.372 e. The number of aryl methyl sites for hydroxylation is 1. The molecule has 0 aliphatic heterocycles. The van der Waals surface area contributed by atoms with Gasteiger partial charge in [-0.25, -0.2) is 4.57 Å². The fourth-order valence-corrected chi connectivity index (χ4v) is 1.66. The summed E-state index contributed by atoms with van der Waals surface area (Å²) in [6.45, 7) is 9.85. The zero-order valence-corrected chi connectivity index (χ0v) is 9.53. The zero-order valence-electron chi connectivity index (χ0n) is 9.53. The van der Waals surface area contributed by atoms with Gasteiger partial charge in [0.15, 0.2) is 12.4 Å². The minimum atomic E-state index is 1.08. The van der Waals surface area contributed by atoms with E-state index in [4.69, 9.17) is 0 Å². The van der Waals surface area contributed by atoms with Crippen LogP contribution in [0.2, 0.25) is 0 Å². The Kier molecular flexibility index (Phi) is 4.44. The van der Waals surface area contributed by atoms with Crippen LogP contribution < -0.4 is 9.47 Å². The molecular formula is C12H21N2+. The first-order chi connectivity index (χ1) is 6.81. The molecule has 2 nitrogen and oxygen atoms in total. The third-order valence-corrected chi connectivity index (χ3v) is 2.48. The predicted octanol–water partition coefficient (Wildman–Crippen LogP) is 2.23. The summed E-state index contributed by atoms with van der Waals surface area (Å²) in [6, 6.07) is 4.39. The molecule has 0 N–H and O–H groups in total. The molecule has 0 saturated heterocycles. The second kappa shape index (κ2) is 5.63. The summed E-state index contributed by atoms with van der Waals surface area (Å²) in [4.78, 5) is 2.36. The van der Waals surface area contributed by atoms with Gasteiger partial charge in [0.2, 0.25) is 0 Å². The van der Waals surface area contributed by atoms with E-state index in [1.54, 1.807) is 0 Å². The van der Waals surface area contributed by atoms with Crippen molar-refractivity contribution in [2.24, 2.45) is 0 Å². The third-order valence-electron chi connectivity index (χ3n) is 2.48. The molecule has 0 bridgehead atoms. The summed E-state index contributed by atoms with van der Waals surface area (Å²) < 4.78 is 2.23. The number of nitrogens with zero attached hydrogens (tertiary/aromatic N) is 2. The van der Waals surface area contributed by atoms with E-state index in [-0.39, 0.29) is 0 Å². The quantitative estimate of drug-likeness (QED) is 0.650. The van der Waals surface area contributed by atoms with Gasteiger partial charge in [-0.2, -0.15) is 0 Å². The molecule has 1 heterocycles. The average molecular weight is 193 g/mol. The monoisotopic (exact) mass is 193 g/mol. The van der Waals surface area contributed by atoms with E-state index in [0.29, 0.717) is 0 Å². The molecule has 0 spiro atoms. The van der Waals surface area contributed by atoms with Gasteiger partial charge in [-0.3, -0.25) is 0 Å². The molecule has 0 radical (unpaired) electrons. The lowest BCUT2D eigenvalue weighted by atomic mass is 10.3. The van der Waals surface area contributed by atoms with Crippen LogP contribution in [0.3, 0.4) is 0 Å². The van der Waals surface area contributed by atoms with Crippen molar-refractivity contribution in [3.63, 3.8) is 0 Å². The van der Waals surface area contributed by atoms with Crippen LogP contribution in [0, 0.1) is 0 Å². The van der Waals surface area contributed by atoms with Crippen molar-refractivity contribution in [1.82, 2.24) is 0 Å². The van der Waals surface area contributed by atoms with Crippen molar-refractivity contribution >= 4 is 5.69 Å². The molecule has 0 unspecified atom stereocenters. The molecule has 0 saturated carbocycles. The Morgan fingerprint density at radius 1 is 1.07 bits per heavy atom. The van der Waals surface area contributed by atoms with Crippen molar-refractivity contribution in [2.75, 3.05) is 18.0 Å². The Morgan fingerprint density at radius 3 is 2.07 bits per heavy atom. The van der Waals surface area contributed by atoms with Crippen LogP contribution in [0.25, 0.3) is 0 Å². The third kappa shape index (κ3) is 2.72. The summed E-state index contributed by atoms with van der Waals surface area (Å²) in [5.74, 6) is 0. The number of rotatable bonds is 5. The van der Waals surface area contributed by atoms with E-state index < -0.39 is 0 Å². The molecule has 78 valence electrons. The highest BCUT2D eigenvalue weighted by Gasteiger charge is 2.03. The first-order valence-corrected chi connectivity index (χ1v) is 5.55. The molecule has 1 rings (SSSR count). The lowest BCUT2D eigenvalue weighted by Gasteiger charge is -2.19. The van der Waals surface area contributed by atoms with E-state index in [1.165, 1.54) is 12.1 Å². The molecule has 14 heavy (non-hydrogen) atoms. The van der Waals surface area contributed by atoms with Gasteiger partial charge in [-0.15, -0.1) is 0 Å². The highest BCUT2D eigenvalue weighted by molar-refractivity contribution is 5.43. The molecule has 0 aliphatic carbocycles. The van der Waals surface area contributed by atoms with Crippen molar-refractivity contribution in [1.29, 1.82) is 0 Å². The second-order valence-corrected chi connectivity index (χ2v) is 3.47. The zero-order chi connectivity index (χ0) is 10.4. The Balaban J connectivity index is 2.71. The number of anilines is 1. The summed E-state index contributed by atoms with van der Waals surface area (Å²) in [7, 11) is 0.